The van der Waals surface area contributed by atoms with E-state index < -0.39 is 0 Å². The number of hydrogen-bond donors (Lipinski definition) is 1. The van der Waals surface area contributed by atoms with Gasteiger partial charge in [0.15, 0.2) is 0 Å². The summed E-state index contributed by atoms with van der Waals surface area (Å²) in [6.07, 6.45) is 8.59. The zero-order valence-corrected chi connectivity index (χ0v) is 14.0. The van der Waals surface area contributed by atoms with Gasteiger partial charge in [-0.15, -0.1) is 0 Å². The van der Waals surface area contributed by atoms with Gasteiger partial charge in [0.05, 0.1) is 6.54 Å². The fourth-order valence-corrected chi connectivity index (χ4v) is 6.06. The molecule has 1 amide bonds. The Hall–Kier alpha value is -0.610. The molecule has 0 aromatic carbocycles. The van der Waals surface area contributed by atoms with Crippen LogP contribution in [0.3, 0.4) is 0 Å². The maximum absolute atomic E-state index is 12.3. The Bertz CT molecular complexity index is 393. The molecule has 124 valence electrons. The highest BCUT2D eigenvalue weighted by molar-refractivity contribution is 5.78. The van der Waals surface area contributed by atoms with E-state index in [4.69, 9.17) is 0 Å². The number of hydrogen-bond acceptors (Lipinski definition) is 3. The average molecular weight is 305 g/mol. The predicted molar refractivity (Wildman–Crippen MR) is 87.6 cm³/mol. The SMILES string of the molecule is CN1CCN(CC(=O)NCC23CC4CC(CC(C4)C2)C3)CC1. The van der Waals surface area contributed by atoms with Crippen molar-refractivity contribution >= 4 is 5.91 Å². The van der Waals surface area contributed by atoms with Crippen LogP contribution in [0.25, 0.3) is 0 Å². The van der Waals surface area contributed by atoms with Crippen molar-refractivity contribution in [3.05, 3.63) is 0 Å². The second-order valence-electron chi connectivity index (χ2n) is 8.77. The zero-order valence-electron chi connectivity index (χ0n) is 14.0. The van der Waals surface area contributed by atoms with Crippen LogP contribution < -0.4 is 5.32 Å². The number of amides is 1. The molecule has 4 heteroatoms. The predicted octanol–water partition coefficient (Wildman–Crippen LogP) is 1.57. The summed E-state index contributed by atoms with van der Waals surface area (Å²) in [5.74, 6) is 3.17. The first kappa shape index (κ1) is 14.9. The molecule has 4 saturated carbocycles. The summed E-state index contributed by atoms with van der Waals surface area (Å²) in [7, 11) is 2.16. The highest BCUT2D eigenvalue weighted by Gasteiger charge is 2.50. The molecule has 1 heterocycles. The summed E-state index contributed by atoms with van der Waals surface area (Å²) in [5.41, 5.74) is 0.465. The van der Waals surface area contributed by atoms with Crippen LogP contribution in [0.5, 0.6) is 0 Å². The minimum Gasteiger partial charge on any atom is -0.354 e. The Morgan fingerprint density at radius 1 is 1.00 bits per heavy atom. The lowest BCUT2D eigenvalue weighted by Crippen LogP contribution is -2.53. The molecule has 0 unspecified atom stereocenters. The molecule has 5 fully saturated rings. The number of rotatable bonds is 4. The Morgan fingerprint density at radius 2 is 1.55 bits per heavy atom. The average Bonchev–Trinajstić information content (AvgIpc) is 2.46. The van der Waals surface area contributed by atoms with E-state index in [0.29, 0.717) is 12.0 Å². The third-order valence-corrected chi connectivity index (χ3v) is 6.79. The second-order valence-corrected chi connectivity index (χ2v) is 8.77. The fraction of sp³-hybridized carbons (Fsp3) is 0.944. The van der Waals surface area contributed by atoms with Crippen LogP contribution in [0.15, 0.2) is 0 Å². The Balaban J connectivity index is 1.27. The molecule has 22 heavy (non-hydrogen) atoms. The van der Waals surface area contributed by atoms with Crippen LogP contribution in [-0.2, 0) is 4.79 Å². The highest BCUT2D eigenvalue weighted by atomic mass is 16.2. The summed E-state index contributed by atoms with van der Waals surface area (Å²) in [6.45, 7) is 5.77. The van der Waals surface area contributed by atoms with E-state index in [1.807, 2.05) is 0 Å². The van der Waals surface area contributed by atoms with Gasteiger partial charge in [0, 0.05) is 32.7 Å². The van der Waals surface area contributed by atoms with Gasteiger partial charge in [0.2, 0.25) is 5.91 Å². The topological polar surface area (TPSA) is 35.6 Å². The van der Waals surface area contributed by atoms with E-state index in [2.05, 4.69) is 22.2 Å². The van der Waals surface area contributed by atoms with Crippen molar-refractivity contribution in [3.8, 4) is 0 Å². The summed E-state index contributed by atoms with van der Waals surface area (Å²) < 4.78 is 0. The molecule has 1 N–H and O–H groups in total. The Morgan fingerprint density at radius 3 is 2.09 bits per heavy atom. The minimum absolute atomic E-state index is 0.250. The van der Waals surface area contributed by atoms with Gasteiger partial charge < -0.3 is 10.2 Å². The van der Waals surface area contributed by atoms with E-state index >= 15 is 0 Å². The van der Waals surface area contributed by atoms with Crippen molar-refractivity contribution in [1.82, 2.24) is 15.1 Å². The molecule has 5 rings (SSSR count). The van der Waals surface area contributed by atoms with Crippen LogP contribution in [0.4, 0.5) is 0 Å². The van der Waals surface area contributed by atoms with Crippen molar-refractivity contribution in [2.75, 3.05) is 46.3 Å². The molecule has 0 aromatic rings. The van der Waals surface area contributed by atoms with Gasteiger partial charge in [-0.25, -0.2) is 0 Å². The number of nitrogens with zero attached hydrogens (tertiary/aromatic N) is 2. The summed E-state index contributed by atoms with van der Waals surface area (Å²) in [4.78, 5) is 17.0. The molecule has 4 bridgehead atoms. The van der Waals surface area contributed by atoms with Crippen molar-refractivity contribution < 1.29 is 4.79 Å². The monoisotopic (exact) mass is 305 g/mol. The molecular weight excluding hydrogens is 274 g/mol. The molecule has 1 aliphatic heterocycles. The molecule has 4 nitrogen and oxygen atoms in total. The van der Waals surface area contributed by atoms with Gasteiger partial charge in [-0.2, -0.15) is 0 Å². The Kier molecular flexibility index (Phi) is 3.93. The number of piperazine rings is 1. The van der Waals surface area contributed by atoms with Gasteiger partial charge >= 0.3 is 0 Å². The minimum atomic E-state index is 0.250. The van der Waals surface area contributed by atoms with E-state index in [0.717, 1.165) is 50.5 Å². The van der Waals surface area contributed by atoms with E-state index in [-0.39, 0.29) is 5.91 Å². The molecule has 0 radical (unpaired) electrons. The number of carbonyl (C=O) groups is 1. The molecular formula is C18H31N3O. The zero-order chi connectivity index (χ0) is 15.2. The van der Waals surface area contributed by atoms with Crippen molar-refractivity contribution in [3.63, 3.8) is 0 Å². The van der Waals surface area contributed by atoms with Crippen molar-refractivity contribution in [2.45, 2.75) is 38.5 Å². The van der Waals surface area contributed by atoms with E-state index in [1.165, 1.54) is 38.5 Å². The lowest BCUT2D eigenvalue weighted by Gasteiger charge is -2.57. The Labute approximate surface area is 134 Å². The third kappa shape index (κ3) is 3.05. The van der Waals surface area contributed by atoms with Gasteiger partial charge in [0.25, 0.3) is 0 Å². The van der Waals surface area contributed by atoms with Crippen LogP contribution in [0, 0.1) is 23.2 Å². The smallest absolute Gasteiger partial charge is 0.234 e. The lowest BCUT2D eigenvalue weighted by atomic mass is 9.49. The maximum atomic E-state index is 12.3. The third-order valence-electron chi connectivity index (χ3n) is 6.79. The molecule has 0 aromatic heterocycles. The molecule has 4 aliphatic carbocycles. The van der Waals surface area contributed by atoms with Gasteiger partial charge in [-0.3, -0.25) is 9.69 Å². The number of carbonyl (C=O) groups excluding carboxylic acids is 1. The fourth-order valence-electron chi connectivity index (χ4n) is 6.06. The lowest BCUT2D eigenvalue weighted by molar-refractivity contribution is -0.124. The molecule has 1 saturated heterocycles. The summed E-state index contributed by atoms with van der Waals surface area (Å²) >= 11 is 0. The first-order valence-corrected chi connectivity index (χ1v) is 9.28. The summed E-state index contributed by atoms with van der Waals surface area (Å²) in [6, 6.07) is 0. The highest BCUT2D eigenvalue weighted by Crippen LogP contribution is 2.59. The molecule has 0 atom stereocenters. The largest absolute Gasteiger partial charge is 0.354 e. The summed E-state index contributed by atoms with van der Waals surface area (Å²) in [5, 5.41) is 3.30. The van der Waals surface area contributed by atoms with Gasteiger partial charge in [0.1, 0.15) is 0 Å². The standard InChI is InChI=1S/C18H31N3O/c1-20-2-4-21(5-3-20)12-17(22)19-13-18-9-14-6-15(10-18)8-16(7-14)11-18/h14-16H,2-13H2,1H3,(H,19,22). The quantitative estimate of drug-likeness (QED) is 0.856. The first-order valence-electron chi connectivity index (χ1n) is 9.28. The number of nitrogens with one attached hydrogen (secondary N) is 1. The van der Waals surface area contributed by atoms with Crippen LogP contribution in [0.1, 0.15) is 38.5 Å². The van der Waals surface area contributed by atoms with E-state index in [1.54, 1.807) is 0 Å². The first-order chi connectivity index (χ1) is 10.6. The number of likely N-dealkylation sites (N-methyl/N-ethyl adjacent to an activating group) is 1. The molecule has 5 aliphatic rings. The van der Waals surface area contributed by atoms with Crippen LogP contribution >= 0.6 is 0 Å². The van der Waals surface area contributed by atoms with Crippen molar-refractivity contribution in [2.24, 2.45) is 23.2 Å². The van der Waals surface area contributed by atoms with Crippen molar-refractivity contribution in [1.29, 1.82) is 0 Å². The maximum Gasteiger partial charge on any atom is 0.234 e. The van der Waals surface area contributed by atoms with Crippen LogP contribution in [0.2, 0.25) is 0 Å². The van der Waals surface area contributed by atoms with E-state index in [9.17, 15) is 4.79 Å². The normalized spacial score (nSPS) is 41.8. The second kappa shape index (κ2) is 5.79. The van der Waals surface area contributed by atoms with Gasteiger partial charge in [-0.05, 0) is 68.7 Å². The van der Waals surface area contributed by atoms with Crippen LogP contribution in [-0.4, -0.2) is 62.0 Å². The molecule has 0 spiro atoms. The van der Waals surface area contributed by atoms with Gasteiger partial charge in [-0.1, -0.05) is 0 Å².